The van der Waals surface area contributed by atoms with Crippen LogP contribution in [-0.2, 0) is 20.0 Å². The highest BCUT2D eigenvalue weighted by atomic mass is 32.2. The SMILES string of the molecule is COc1ccc(NC(=O)CSc2ncc(S(=O)(=O)c3ccc(C(C)(C)C)cc3)c(=O)[nH]2)cc1OC. The van der Waals surface area contributed by atoms with Crippen LogP contribution in [0.15, 0.2) is 68.4 Å². The molecular formula is C24H27N3O6S2. The first-order valence-electron chi connectivity index (χ1n) is 10.6. The van der Waals surface area contributed by atoms with Crippen LogP contribution in [0.2, 0.25) is 0 Å². The minimum absolute atomic E-state index is 0.00694. The van der Waals surface area contributed by atoms with Gasteiger partial charge in [0.1, 0.15) is 0 Å². The number of rotatable bonds is 8. The van der Waals surface area contributed by atoms with E-state index in [9.17, 15) is 18.0 Å². The van der Waals surface area contributed by atoms with Gasteiger partial charge in [-0.05, 0) is 35.2 Å². The molecule has 0 saturated carbocycles. The molecule has 0 saturated heterocycles. The van der Waals surface area contributed by atoms with Gasteiger partial charge in [0.25, 0.3) is 5.56 Å². The summed E-state index contributed by atoms with van der Waals surface area (Å²) in [5, 5.41) is 2.84. The first kappa shape index (κ1) is 26.3. The van der Waals surface area contributed by atoms with Crippen LogP contribution in [0.3, 0.4) is 0 Å². The number of ether oxygens (including phenoxy) is 2. The van der Waals surface area contributed by atoms with Gasteiger partial charge in [-0.1, -0.05) is 44.7 Å². The second kappa shape index (κ2) is 10.5. The molecule has 0 unspecified atom stereocenters. The molecule has 0 bridgehead atoms. The molecule has 35 heavy (non-hydrogen) atoms. The number of nitrogens with zero attached hydrogens (tertiary/aromatic N) is 1. The monoisotopic (exact) mass is 517 g/mol. The summed E-state index contributed by atoms with van der Waals surface area (Å²) >= 11 is 0.970. The molecule has 2 aromatic carbocycles. The van der Waals surface area contributed by atoms with Gasteiger partial charge >= 0.3 is 0 Å². The summed E-state index contributed by atoms with van der Waals surface area (Å²) in [5.74, 6) is 0.591. The van der Waals surface area contributed by atoms with Crippen LogP contribution < -0.4 is 20.3 Å². The van der Waals surface area contributed by atoms with Gasteiger partial charge < -0.3 is 19.8 Å². The van der Waals surface area contributed by atoms with E-state index in [4.69, 9.17) is 9.47 Å². The lowest BCUT2D eigenvalue weighted by molar-refractivity contribution is -0.113. The fourth-order valence-electron chi connectivity index (χ4n) is 3.14. The number of hydrogen-bond donors (Lipinski definition) is 2. The number of aromatic amines is 1. The molecule has 0 aliphatic carbocycles. The zero-order valence-corrected chi connectivity index (χ0v) is 21.7. The predicted molar refractivity (Wildman–Crippen MR) is 134 cm³/mol. The molecule has 1 aromatic heterocycles. The molecule has 3 rings (SSSR count). The zero-order chi connectivity index (χ0) is 25.8. The summed E-state index contributed by atoms with van der Waals surface area (Å²) in [4.78, 5) is 30.9. The number of sulfone groups is 1. The van der Waals surface area contributed by atoms with Crippen LogP contribution in [0.5, 0.6) is 11.5 Å². The second-order valence-corrected chi connectivity index (χ2v) is 11.4. The van der Waals surface area contributed by atoms with Gasteiger partial charge in [0, 0.05) is 11.8 Å². The largest absolute Gasteiger partial charge is 0.493 e. The second-order valence-electron chi connectivity index (χ2n) is 8.57. The average Bonchev–Trinajstić information content (AvgIpc) is 2.82. The Hall–Kier alpha value is -3.31. The Kier molecular flexibility index (Phi) is 7.91. The van der Waals surface area contributed by atoms with Crippen molar-refractivity contribution >= 4 is 33.2 Å². The highest BCUT2D eigenvalue weighted by Gasteiger charge is 2.23. The van der Waals surface area contributed by atoms with Crippen molar-refractivity contribution in [1.29, 1.82) is 0 Å². The summed E-state index contributed by atoms with van der Waals surface area (Å²) in [6.45, 7) is 6.07. The summed E-state index contributed by atoms with van der Waals surface area (Å²) in [7, 11) is -1.04. The van der Waals surface area contributed by atoms with Crippen molar-refractivity contribution in [3.8, 4) is 11.5 Å². The zero-order valence-electron chi connectivity index (χ0n) is 20.0. The van der Waals surface area contributed by atoms with Gasteiger partial charge in [0.05, 0.1) is 31.1 Å². The first-order valence-corrected chi connectivity index (χ1v) is 13.0. The fourth-order valence-corrected chi connectivity index (χ4v) is 5.00. The number of thioether (sulfide) groups is 1. The first-order chi connectivity index (χ1) is 16.5. The predicted octanol–water partition coefficient (Wildman–Crippen LogP) is 3.65. The van der Waals surface area contributed by atoms with Gasteiger partial charge in [-0.3, -0.25) is 9.59 Å². The summed E-state index contributed by atoms with van der Waals surface area (Å²) in [6, 6.07) is 11.4. The lowest BCUT2D eigenvalue weighted by atomic mass is 9.87. The third kappa shape index (κ3) is 6.23. The van der Waals surface area contributed by atoms with E-state index in [-0.39, 0.29) is 27.1 Å². The maximum absolute atomic E-state index is 12.9. The number of hydrogen-bond acceptors (Lipinski definition) is 8. The van der Waals surface area contributed by atoms with Gasteiger partial charge in [0.2, 0.25) is 15.7 Å². The van der Waals surface area contributed by atoms with Gasteiger partial charge in [-0.15, -0.1) is 0 Å². The van der Waals surface area contributed by atoms with Gasteiger partial charge in [-0.2, -0.15) is 0 Å². The van der Waals surface area contributed by atoms with Crippen LogP contribution >= 0.6 is 11.8 Å². The summed E-state index contributed by atoms with van der Waals surface area (Å²) in [6.07, 6.45) is 1.01. The van der Waals surface area contributed by atoms with Gasteiger partial charge in [-0.25, -0.2) is 13.4 Å². The fraction of sp³-hybridized carbons (Fsp3) is 0.292. The molecule has 1 heterocycles. The number of aromatic nitrogens is 2. The summed E-state index contributed by atoms with van der Waals surface area (Å²) in [5.41, 5.74) is 0.546. The van der Waals surface area contributed by atoms with Crippen LogP contribution in [0.4, 0.5) is 5.69 Å². The Morgan fingerprint density at radius 2 is 1.71 bits per heavy atom. The minimum atomic E-state index is -4.05. The molecule has 0 aliphatic rings. The van der Waals surface area contributed by atoms with E-state index in [1.807, 2.05) is 20.8 Å². The standard InChI is InChI=1S/C24H27N3O6S2/c1-24(2,3)15-6-9-17(10-7-15)35(30,31)20-13-25-23(27-22(20)29)34-14-21(28)26-16-8-11-18(32-4)19(12-16)33-5/h6-13H,14H2,1-5H3,(H,26,28)(H,25,27,29). The topological polar surface area (TPSA) is 127 Å². The number of benzene rings is 2. The maximum atomic E-state index is 12.9. The highest BCUT2D eigenvalue weighted by Crippen LogP contribution is 2.30. The smallest absolute Gasteiger partial charge is 0.270 e. The number of H-pyrrole nitrogens is 1. The molecule has 9 nitrogen and oxygen atoms in total. The van der Waals surface area contributed by atoms with Crippen LogP contribution in [0.1, 0.15) is 26.3 Å². The Morgan fingerprint density at radius 3 is 2.29 bits per heavy atom. The molecule has 0 radical (unpaired) electrons. The molecule has 2 N–H and O–H groups in total. The molecule has 3 aromatic rings. The number of carbonyl (C=O) groups is 1. The van der Waals surface area contributed by atoms with Crippen molar-refractivity contribution in [2.24, 2.45) is 0 Å². The maximum Gasteiger partial charge on any atom is 0.270 e. The van der Waals surface area contributed by atoms with E-state index < -0.39 is 20.3 Å². The molecule has 0 fully saturated rings. The van der Waals surface area contributed by atoms with Crippen LogP contribution in [-0.4, -0.2) is 44.3 Å². The third-order valence-electron chi connectivity index (χ3n) is 5.07. The lowest BCUT2D eigenvalue weighted by Gasteiger charge is -2.19. The number of nitrogens with one attached hydrogen (secondary N) is 2. The highest BCUT2D eigenvalue weighted by molar-refractivity contribution is 7.99. The molecular weight excluding hydrogens is 490 g/mol. The lowest BCUT2D eigenvalue weighted by Crippen LogP contribution is -2.20. The normalized spacial score (nSPS) is 11.7. The van der Waals surface area contributed by atoms with E-state index in [0.29, 0.717) is 17.2 Å². The Morgan fingerprint density at radius 1 is 1.06 bits per heavy atom. The molecule has 0 atom stereocenters. The number of carbonyl (C=O) groups excluding carboxylic acids is 1. The Balaban J connectivity index is 1.69. The van der Waals surface area contributed by atoms with Crippen LogP contribution in [0.25, 0.3) is 0 Å². The van der Waals surface area contributed by atoms with E-state index in [1.165, 1.54) is 26.4 Å². The molecule has 11 heteroatoms. The van der Waals surface area contributed by atoms with Crippen molar-refractivity contribution in [2.75, 3.05) is 25.3 Å². The van der Waals surface area contributed by atoms with E-state index in [1.54, 1.807) is 30.3 Å². The van der Waals surface area contributed by atoms with E-state index in [0.717, 1.165) is 23.5 Å². The third-order valence-corrected chi connectivity index (χ3v) is 7.72. The number of anilines is 1. The number of amides is 1. The molecule has 0 aliphatic heterocycles. The number of methoxy groups -OCH3 is 2. The Bertz CT molecular complexity index is 1380. The van der Waals surface area contributed by atoms with Crippen molar-refractivity contribution in [2.45, 2.75) is 41.1 Å². The summed E-state index contributed by atoms with van der Waals surface area (Å²) < 4.78 is 36.3. The molecule has 1 amide bonds. The van der Waals surface area contributed by atoms with Gasteiger partial charge in [0.15, 0.2) is 21.6 Å². The molecule has 186 valence electrons. The van der Waals surface area contributed by atoms with Crippen molar-refractivity contribution in [3.63, 3.8) is 0 Å². The van der Waals surface area contributed by atoms with E-state index >= 15 is 0 Å². The van der Waals surface area contributed by atoms with Crippen LogP contribution in [0, 0.1) is 0 Å². The Labute approximate surface area is 208 Å². The minimum Gasteiger partial charge on any atom is -0.493 e. The quantitative estimate of drug-likeness (QED) is 0.342. The van der Waals surface area contributed by atoms with Crippen molar-refractivity contribution < 1.29 is 22.7 Å². The van der Waals surface area contributed by atoms with E-state index in [2.05, 4.69) is 15.3 Å². The molecule has 0 spiro atoms. The average molecular weight is 518 g/mol. The van der Waals surface area contributed by atoms with Crippen molar-refractivity contribution in [3.05, 3.63) is 64.6 Å². The van der Waals surface area contributed by atoms with Crippen molar-refractivity contribution in [1.82, 2.24) is 9.97 Å².